The Morgan fingerprint density at radius 2 is 1.57 bits per heavy atom. The van der Waals surface area contributed by atoms with Crippen LogP contribution in [0.5, 0.6) is 0 Å². The second-order valence-electron chi connectivity index (χ2n) is 5.28. The van der Waals surface area contributed by atoms with Crippen molar-refractivity contribution >= 4 is 33.9 Å². The largest absolute Gasteiger partial charge is 0.354 e. The predicted molar refractivity (Wildman–Crippen MR) is 91.7 cm³/mol. The van der Waals surface area contributed by atoms with Crippen LogP contribution in [0.2, 0.25) is 0 Å². The van der Waals surface area contributed by atoms with Gasteiger partial charge in [-0.3, -0.25) is 4.79 Å². The van der Waals surface area contributed by atoms with Crippen molar-refractivity contribution < 1.29 is 4.79 Å². The minimum atomic E-state index is -0.270. The van der Waals surface area contributed by atoms with Gasteiger partial charge in [0.25, 0.3) is 5.91 Å². The van der Waals surface area contributed by atoms with Crippen LogP contribution in [-0.4, -0.2) is 22.1 Å². The molecule has 0 saturated heterocycles. The Balaban J connectivity index is 1.50. The number of benzene rings is 2. The molecular weight excluding hydrogens is 288 g/mol. The van der Waals surface area contributed by atoms with Crippen LogP contribution in [0.4, 0.5) is 0 Å². The number of hydrogen-bond donors (Lipinski definition) is 3. The van der Waals surface area contributed by atoms with E-state index in [1.165, 1.54) is 0 Å². The zero-order valence-corrected chi connectivity index (χ0v) is 12.2. The number of rotatable bonds is 3. The van der Waals surface area contributed by atoms with Crippen molar-refractivity contribution in [3.05, 3.63) is 72.1 Å². The highest BCUT2D eigenvalue weighted by atomic mass is 16.2. The van der Waals surface area contributed by atoms with Gasteiger partial charge in [0.2, 0.25) is 0 Å². The smallest absolute Gasteiger partial charge is 0.287 e. The first kappa shape index (κ1) is 13.3. The van der Waals surface area contributed by atoms with E-state index in [-0.39, 0.29) is 5.91 Å². The molecular formula is C18H14N4O. The fourth-order valence-corrected chi connectivity index (χ4v) is 2.58. The standard InChI is InChI=1S/C18H14N4O/c23-18(17-10-13-6-2-4-8-16(13)21-17)22-19-11-14-9-12-5-1-3-7-15(12)20-14/h1-11,20-21H,(H,22,23)/b19-11+. The van der Waals surface area contributed by atoms with Gasteiger partial charge in [0.05, 0.1) is 11.9 Å². The summed E-state index contributed by atoms with van der Waals surface area (Å²) in [4.78, 5) is 18.4. The van der Waals surface area contributed by atoms with E-state index in [1.54, 1.807) is 6.21 Å². The second-order valence-corrected chi connectivity index (χ2v) is 5.28. The number of carbonyl (C=O) groups is 1. The Bertz CT molecular complexity index is 960. The van der Waals surface area contributed by atoms with Gasteiger partial charge in [-0.2, -0.15) is 5.10 Å². The molecule has 0 atom stereocenters. The molecule has 0 unspecified atom stereocenters. The molecule has 112 valence electrons. The van der Waals surface area contributed by atoms with Gasteiger partial charge in [-0.05, 0) is 24.3 Å². The van der Waals surface area contributed by atoms with Gasteiger partial charge in [-0.1, -0.05) is 36.4 Å². The van der Waals surface area contributed by atoms with E-state index in [4.69, 9.17) is 0 Å². The molecule has 2 aromatic heterocycles. The van der Waals surface area contributed by atoms with E-state index in [2.05, 4.69) is 20.5 Å². The molecule has 0 saturated carbocycles. The second kappa shape index (κ2) is 5.46. The molecule has 4 rings (SSSR count). The fraction of sp³-hybridized carbons (Fsp3) is 0. The molecule has 0 fully saturated rings. The quantitative estimate of drug-likeness (QED) is 0.394. The third-order valence-corrected chi connectivity index (χ3v) is 3.70. The molecule has 4 aromatic rings. The number of nitrogens with zero attached hydrogens (tertiary/aromatic N) is 1. The maximum absolute atomic E-state index is 12.1. The van der Waals surface area contributed by atoms with Gasteiger partial charge in [-0.25, -0.2) is 5.43 Å². The topological polar surface area (TPSA) is 73.0 Å². The maximum Gasteiger partial charge on any atom is 0.287 e. The van der Waals surface area contributed by atoms with Crippen molar-refractivity contribution in [2.75, 3.05) is 0 Å². The number of aromatic nitrogens is 2. The SMILES string of the molecule is O=C(N/N=C/c1cc2ccccc2[nH]1)c1cc2ccccc2[nH]1. The van der Waals surface area contributed by atoms with Gasteiger partial charge in [0.15, 0.2) is 0 Å². The average Bonchev–Trinajstić information content (AvgIpc) is 3.18. The third-order valence-electron chi connectivity index (χ3n) is 3.70. The molecule has 0 aliphatic carbocycles. The Kier molecular flexibility index (Phi) is 3.16. The van der Waals surface area contributed by atoms with Crippen LogP contribution in [0, 0.1) is 0 Å². The van der Waals surface area contributed by atoms with Crippen LogP contribution in [0.3, 0.4) is 0 Å². The van der Waals surface area contributed by atoms with Crippen LogP contribution in [-0.2, 0) is 0 Å². The summed E-state index contributed by atoms with van der Waals surface area (Å²) in [7, 11) is 0. The number of amides is 1. The van der Waals surface area contributed by atoms with Crippen LogP contribution >= 0.6 is 0 Å². The zero-order valence-electron chi connectivity index (χ0n) is 12.2. The first-order valence-corrected chi connectivity index (χ1v) is 7.28. The Labute approximate surface area is 132 Å². The Morgan fingerprint density at radius 3 is 2.26 bits per heavy atom. The zero-order chi connectivity index (χ0) is 15.6. The van der Waals surface area contributed by atoms with E-state index in [1.807, 2.05) is 60.7 Å². The van der Waals surface area contributed by atoms with E-state index in [9.17, 15) is 4.79 Å². The van der Waals surface area contributed by atoms with Crippen molar-refractivity contribution in [2.24, 2.45) is 5.10 Å². The number of nitrogens with one attached hydrogen (secondary N) is 3. The van der Waals surface area contributed by atoms with Crippen LogP contribution in [0.15, 0.2) is 65.8 Å². The summed E-state index contributed by atoms with van der Waals surface area (Å²) in [5.41, 5.74) is 5.82. The molecule has 5 heteroatoms. The lowest BCUT2D eigenvalue weighted by molar-refractivity contribution is 0.0951. The van der Waals surface area contributed by atoms with Crippen molar-refractivity contribution in [1.82, 2.24) is 15.4 Å². The van der Waals surface area contributed by atoms with Gasteiger partial charge in [0.1, 0.15) is 5.69 Å². The summed E-state index contributed by atoms with van der Waals surface area (Å²) in [6.07, 6.45) is 1.60. The summed E-state index contributed by atoms with van der Waals surface area (Å²) in [5.74, 6) is -0.270. The number of aromatic amines is 2. The number of fused-ring (bicyclic) bond motifs is 2. The maximum atomic E-state index is 12.1. The first-order chi connectivity index (χ1) is 11.3. The minimum Gasteiger partial charge on any atom is -0.354 e. The Hall–Kier alpha value is -3.34. The van der Waals surface area contributed by atoms with E-state index in [0.29, 0.717) is 5.69 Å². The molecule has 0 aliphatic rings. The molecule has 0 aliphatic heterocycles. The molecule has 3 N–H and O–H groups in total. The van der Waals surface area contributed by atoms with Crippen molar-refractivity contribution in [3.8, 4) is 0 Å². The highest BCUT2D eigenvalue weighted by Crippen LogP contribution is 2.15. The number of hydrazone groups is 1. The molecule has 2 aromatic carbocycles. The number of para-hydroxylation sites is 2. The van der Waals surface area contributed by atoms with Crippen LogP contribution in [0.1, 0.15) is 16.2 Å². The number of carbonyl (C=O) groups excluding carboxylic acids is 1. The summed E-state index contributed by atoms with van der Waals surface area (Å²) in [6.45, 7) is 0. The Morgan fingerprint density at radius 1 is 0.913 bits per heavy atom. The molecule has 0 bridgehead atoms. The van der Waals surface area contributed by atoms with E-state index >= 15 is 0 Å². The minimum absolute atomic E-state index is 0.270. The van der Waals surface area contributed by atoms with Crippen molar-refractivity contribution in [1.29, 1.82) is 0 Å². The molecule has 23 heavy (non-hydrogen) atoms. The van der Waals surface area contributed by atoms with Crippen LogP contribution < -0.4 is 5.43 Å². The molecule has 1 amide bonds. The monoisotopic (exact) mass is 302 g/mol. The third kappa shape index (κ3) is 2.60. The highest BCUT2D eigenvalue weighted by molar-refractivity contribution is 5.98. The normalized spacial score (nSPS) is 11.5. The van der Waals surface area contributed by atoms with E-state index in [0.717, 1.165) is 27.5 Å². The van der Waals surface area contributed by atoms with Gasteiger partial charge < -0.3 is 9.97 Å². The summed E-state index contributed by atoms with van der Waals surface area (Å²) < 4.78 is 0. The summed E-state index contributed by atoms with van der Waals surface area (Å²) >= 11 is 0. The van der Waals surface area contributed by atoms with Crippen molar-refractivity contribution in [3.63, 3.8) is 0 Å². The summed E-state index contributed by atoms with van der Waals surface area (Å²) in [6, 6.07) is 19.5. The fourth-order valence-electron chi connectivity index (χ4n) is 2.58. The van der Waals surface area contributed by atoms with Gasteiger partial charge in [0, 0.05) is 21.8 Å². The lowest BCUT2D eigenvalue weighted by Gasteiger charge is -1.95. The average molecular weight is 302 g/mol. The number of hydrogen-bond acceptors (Lipinski definition) is 2. The van der Waals surface area contributed by atoms with E-state index < -0.39 is 0 Å². The molecule has 5 nitrogen and oxygen atoms in total. The van der Waals surface area contributed by atoms with Gasteiger partial charge in [-0.15, -0.1) is 0 Å². The van der Waals surface area contributed by atoms with Crippen LogP contribution in [0.25, 0.3) is 21.8 Å². The first-order valence-electron chi connectivity index (χ1n) is 7.28. The molecule has 0 radical (unpaired) electrons. The highest BCUT2D eigenvalue weighted by Gasteiger charge is 2.07. The lowest BCUT2D eigenvalue weighted by atomic mass is 10.2. The van der Waals surface area contributed by atoms with Crippen molar-refractivity contribution in [2.45, 2.75) is 0 Å². The number of H-pyrrole nitrogens is 2. The predicted octanol–water partition coefficient (Wildman–Crippen LogP) is 3.41. The lowest BCUT2D eigenvalue weighted by Crippen LogP contribution is -2.17. The molecule has 2 heterocycles. The van der Waals surface area contributed by atoms with Gasteiger partial charge >= 0.3 is 0 Å². The summed E-state index contributed by atoms with van der Waals surface area (Å²) in [5, 5.41) is 6.11. The molecule has 0 spiro atoms.